The molecule has 0 bridgehead atoms. The molecule has 0 heterocycles. The molecule has 0 aliphatic heterocycles. The molecule has 2 aromatic rings. The Morgan fingerprint density at radius 2 is 1.72 bits per heavy atom. The molecule has 152 valence electrons. The third kappa shape index (κ3) is 5.13. The standard InChI is InChI=1S/C22H24N2O5/c1-29-18-11-8-15(9-12-18)20(25)24-19(14-5-3-2-4-6-14)21(26)23-17-10-7-16(13-17)22(27)28/h2-6,8-9,11-12,16-17,19H,7,10,13H2,1H3,(H,23,26)(H,24,25)(H,27,28)/t16-,17+,19?/m1/s1. The summed E-state index contributed by atoms with van der Waals surface area (Å²) in [7, 11) is 1.54. The summed E-state index contributed by atoms with van der Waals surface area (Å²) in [5.74, 6) is -1.38. The SMILES string of the molecule is COc1ccc(C(=O)NC(C(=O)N[C@H]2CC[C@@H](C(=O)O)C2)c2ccccc2)cc1. The van der Waals surface area contributed by atoms with Crippen LogP contribution in [0.15, 0.2) is 54.6 Å². The van der Waals surface area contributed by atoms with Gasteiger partial charge in [0.25, 0.3) is 5.91 Å². The Labute approximate surface area is 169 Å². The van der Waals surface area contributed by atoms with Crippen LogP contribution in [0.3, 0.4) is 0 Å². The molecule has 7 nitrogen and oxygen atoms in total. The molecule has 2 amide bonds. The van der Waals surface area contributed by atoms with E-state index in [4.69, 9.17) is 9.84 Å². The highest BCUT2D eigenvalue weighted by Crippen LogP contribution is 2.26. The summed E-state index contributed by atoms with van der Waals surface area (Å²) in [5, 5.41) is 14.8. The fourth-order valence-corrected chi connectivity index (χ4v) is 3.52. The minimum Gasteiger partial charge on any atom is -0.497 e. The van der Waals surface area contributed by atoms with Crippen molar-refractivity contribution in [2.75, 3.05) is 7.11 Å². The largest absolute Gasteiger partial charge is 0.497 e. The first-order valence-corrected chi connectivity index (χ1v) is 9.51. The number of carboxylic acids is 1. The third-order valence-corrected chi connectivity index (χ3v) is 5.15. The lowest BCUT2D eigenvalue weighted by Gasteiger charge is -2.21. The molecule has 0 radical (unpaired) electrons. The molecule has 1 fully saturated rings. The highest BCUT2D eigenvalue weighted by atomic mass is 16.5. The van der Waals surface area contributed by atoms with Gasteiger partial charge in [0.2, 0.25) is 5.91 Å². The van der Waals surface area contributed by atoms with Crippen LogP contribution in [0.4, 0.5) is 0 Å². The van der Waals surface area contributed by atoms with Crippen molar-refractivity contribution in [2.24, 2.45) is 5.92 Å². The fraction of sp³-hybridized carbons (Fsp3) is 0.318. The Kier molecular flexibility index (Phi) is 6.49. The van der Waals surface area contributed by atoms with Crippen LogP contribution in [0.1, 0.15) is 41.2 Å². The molecule has 0 spiro atoms. The van der Waals surface area contributed by atoms with E-state index < -0.39 is 17.9 Å². The Morgan fingerprint density at radius 1 is 1.03 bits per heavy atom. The van der Waals surface area contributed by atoms with E-state index in [9.17, 15) is 14.4 Å². The second-order valence-electron chi connectivity index (χ2n) is 7.10. The van der Waals surface area contributed by atoms with Crippen molar-refractivity contribution in [1.29, 1.82) is 0 Å². The molecule has 0 saturated heterocycles. The average molecular weight is 396 g/mol. The topological polar surface area (TPSA) is 105 Å². The molecule has 29 heavy (non-hydrogen) atoms. The van der Waals surface area contributed by atoms with E-state index in [2.05, 4.69) is 10.6 Å². The van der Waals surface area contributed by atoms with E-state index in [1.165, 1.54) is 0 Å². The van der Waals surface area contributed by atoms with E-state index in [1.54, 1.807) is 55.6 Å². The number of hydrogen-bond donors (Lipinski definition) is 3. The number of carboxylic acid groups (broad SMARTS) is 1. The molecule has 1 saturated carbocycles. The van der Waals surface area contributed by atoms with Gasteiger partial charge in [-0.2, -0.15) is 0 Å². The van der Waals surface area contributed by atoms with Crippen molar-refractivity contribution in [3.8, 4) is 5.75 Å². The summed E-state index contributed by atoms with van der Waals surface area (Å²) in [6, 6.07) is 14.5. The van der Waals surface area contributed by atoms with Gasteiger partial charge in [-0.3, -0.25) is 14.4 Å². The lowest BCUT2D eigenvalue weighted by molar-refractivity contribution is -0.141. The average Bonchev–Trinajstić information content (AvgIpc) is 3.21. The van der Waals surface area contributed by atoms with Crippen LogP contribution < -0.4 is 15.4 Å². The zero-order chi connectivity index (χ0) is 20.8. The number of hydrogen-bond acceptors (Lipinski definition) is 4. The fourth-order valence-electron chi connectivity index (χ4n) is 3.52. The van der Waals surface area contributed by atoms with E-state index in [0.29, 0.717) is 36.1 Å². The van der Waals surface area contributed by atoms with E-state index in [1.807, 2.05) is 6.07 Å². The van der Waals surface area contributed by atoms with E-state index >= 15 is 0 Å². The molecule has 1 aliphatic rings. The van der Waals surface area contributed by atoms with Gasteiger partial charge >= 0.3 is 5.97 Å². The quantitative estimate of drug-likeness (QED) is 0.667. The van der Waals surface area contributed by atoms with Gasteiger partial charge in [-0.25, -0.2) is 0 Å². The van der Waals surface area contributed by atoms with Gasteiger partial charge in [-0.05, 0) is 49.1 Å². The van der Waals surface area contributed by atoms with Crippen molar-refractivity contribution in [1.82, 2.24) is 10.6 Å². The van der Waals surface area contributed by atoms with Crippen LogP contribution in [0, 0.1) is 5.92 Å². The molecule has 7 heteroatoms. The Balaban J connectivity index is 1.73. The number of benzene rings is 2. The normalized spacial score (nSPS) is 19.2. The molecule has 1 aliphatic carbocycles. The summed E-state index contributed by atoms with van der Waals surface area (Å²) in [6.07, 6.45) is 1.54. The Bertz CT molecular complexity index is 867. The number of amides is 2. The predicted molar refractivity (Wildman–Crippen MR) is 107 cm³/mol. The van der Waals surface area contributed by atoms with Crippen LogP contribution in [0.2, 0.25) is 0 Å². The summed E-state index contributed by atoms with van der Waals surface area (Å²) in [4.78, 5) is 36.8. The minimum atomic E-state index is -0.880. The zero-order valence-electron chi connectivity index (χ0n) is 16.1. The van der Waals surface area contributed by atoms with Crippen molar-refractivity contribution in [2.45, 2.75) is 31.3 Å². The first-order valence-electron chi connectivity index (χ1n) is 9.51. The molecule has 2 aromatic carbocycles. The van der Waals surface area contributed by atoms with Crippen LogP contribution in [-0.4, -0.2) is 36.0 Å². The summed E-state index contributed by atoms with van der Waals surface area (Å²) in [5.41, 5.74) is 1.06. The number of methoxy groups -OCH3 is 1. The number of carbonyl (C=O) groups is 3. The van der Waals surface area contributed by atoms with Gasteiger partial charge in [-0.15, -0.1) is 0 Å². The predicted octanol–water partition coefficient (Wildman–Crippen LogP) is 2.54. The van der Waals surface area contributed by atoms with Crippen molar-refractivity contribution in [3.05, 3.63) is 65.7 Å². The number of rotatable bonds is 7. The molecule has 3 N–H and O–H groups in total. The maximum Gasteiger partial charge on any atom is 0.306 e. The third-order valence-electron chi connectivity index (χ3n) is 5.15. The smallest absolute Gasteiger partial charge is 0.306 e. The highest BCUT2D eigenvalue weighted by Gasteiger charge is 2.32. The maximum absolute atomic E-state index is 13.0. The lowest BCUT2D eigenvalue weighted by Crippen LogP contribution is -2.43. The molecular formula is C22H24N2O5. The van der Waals surface area contributed by atoms with Gasteiger partial charge in [0, 0.05) is 11.6 Å². The molecular weight excluding hydrogens is 372 g/mol. The number of ether oxygens (including phenoxy) is 1. The first kappa shape index (κ1) is 20.4. The van der Waals surface area contributed by atoms with Crippen LogP contribution in [0.25, 0.3) is 0 Å². The lowest BCUT2D eigenvalue weighted by atomic mass is 10.0. The van der Waals surface area contributed by atoms with E-state index in [0.717, 1.165) is 0 Å². The first-order chi connectivity index (χ1) is 14.0. The van der Waals surface area contributed by atoms with Gasteiger partial charge < -0.3 is 20.5 Å². The number of aliphatic carboxylic acids is 1. The van der Waals surface area contributed by atoms with Crippen LogP contribution in [-0.2, 0) is 9.59 Å². The molecule has 1 unspecified atom stereocenters. The monoisotopic (exact) mass is 396 g/mol. The Morgan fingerprint density at radius 3 is 2.31 bits per heavy atom. The summed E-state index contributed by atoms with van der Waals surface area (Å²) in [6.45, 7) is 0. The van der Waals surface area contributed by atoms with Gasteiger partial charge in [0.15, 0.2) is 0 Å². The van der Waals surface area contributed by atoms with Gasteiger partial charge in [-0.1, -0.05) is 30.3 Å². The van der Waals surface area contributed by atoms with Crippen LogP contribution in [0.5, 0.6) is 5.75 Å². The van der Waals surface area contributed by atoms with E-state index in [-0.39, 0.29) is 17.9 Å². The van der Waals surface area contributed by atoms with Crippen LogP contribution >= 0.6 is 0 Å². The van der Waals surface area contributed by atoms with Crippen molar-refractivity contribution in [3.63, 3.8) is 0 Å². The highest BCUT2D eigenvalue weighted by molar-refractivity contribution is 5.98. The summed E-state index contributed by atoms with van der Waals surface area (Å²) < 4.78 is 5.10. The van der Waals surface area contributed by atoms with Crippen molar-refractivity contribution < 1.29 is 24.2 Å². The molecule has 3 atom stereocenters. The molecule has 0 aromatic heterocycles. The second kappa shape index (κ2) is 9.23. The van der Waals surface area contributed by atoms with Gasteiger partial charge in [0.05, 0.1) is 13.0 Å². The number of nitrogens with one attached hydrogen (secondary N) is 2. The molecule has 3 rings (SSSR count). The van der Waals surface area contributed by atoms with Crippen molar-refractivity contribution >= 4 is 17.8 Å². The second-order valence-corrected chi connectivity index (χ2v) is 7.10. The Hall–Kier alpha value is -3.35. The zero-order valence-corrected chi connectivity index (χ0v) is 16.1. The minimum absolute atomic E-state index is 0.215. The summed E-state index contributed by atoms with van der Waals surface area (Å²) >= 11 is 0. The maximum atomic E-state index is 13.0. The van der Waals surface area contributed by atoms with Gasteiger partial charge in [0.1, 0.15) is 11.8 Å². The number of carbonyl (C=O) groups excluding carboxylic acids is 2.